The van der Waals surface area contributed by atoms with E-state index in [4.69, 9.17) is 0 Å². The minimum absolute atomic E-state index is 0.0132. The van der Waals surface area contributed by atoms with Crippen LogP contribution < -0.4 is 25.5 Å². The fourth-order valence-corrected chi connectivity index (χ4v) is 13.9. The van der Waals surface area contributed by atoms with Crippen LogP contribution in [-0.2, 0) is 21.7 Å². The van der Waals surface area contributed by atoms with Crippen LogP contribution in [0.25, 0.3) is 57.8 Å². The molecule has 4 nitrogen and oxygen atoms in total. The summed E-state index contributed by atoms with van der Waals surface area (Å²) in [5, 5.41) is 17.5. The number of thiophene rings is 2. The summed E-state index contributed by atoms with van der Waals surface area (Å²) in [6.07, 6.45) is 0. The zero-order valence-corrected chi connectivity index (χ0v) is 42.8. The highest BCUT2D eigenvalue weighted by molar-refractivity contribution is 7.33. The molecule has 0 unspecified atom stereocenters. The second-order valence-electron chi connectivity index (χ2n) is 23.8. The number of nitrogens with zero attached hydrogens (tertiary/aromatic N) is 4. The van der Waals surface area contributed by atoms with Crippen LogP contribution in [0.3, 0.4) is 0 Å². The fraction of sp³-hybridized carbons (Fsp3) is 0.262. The van der Waals surface area contributed by atoms with Gasteiger partial charge in [0, 0.05) is 62.9 Å². The summed E-state index contributed by atoms with van der Waals surface area (Å²) < 4.78 is 7.79. The van der Waals surface area contributed by atoms with Gasteiger partial charge in [0.2, 0.25) is 0 Å². The Morgan fingerprint density at radius 2 is 1.06 bits per heavy atom. The Bertz CT molecular complexity index is 3940. The minimum Gasteiger partial charge on any atom is -0.310 e. The van der Waals surface area contributed by atoms with Crippen molar-refractivity contribution in [1.29, 1.82) is 5.26 Å². The van der Waals surface area contributed by atoms with Gasteiger partial charge in [0.05, 0.1) is 45.4 Å². The highest BCUT2D eigenvalue weighted by Gasteiger charge is 2.49. The minimum atomic E-state index is -0.133. The van der Waals surface area contributed by atoms with E-state index in [1.807, 2.05) is 22.7 Å². The molecule has 3 aliphatic rings. The predicted octanol–water partition coefficient (Wildman–Crippen LogP) is 15.8. The zero-order valence-electron chi connectivity index (χ0n) is 41.2. The number of hydrogen-bond donors (Lipinski definition) is 0. The van der Waals surface area contributed by atoms with Gasteiger partial charge < -0.3 is 14.4 Å². The molecule has 0 saturated heterocycles. The molecule has 10 aromatic rings. The van der Waals surface area contributed by atoms with Crippen LogP contribution in [0.2, 0.25) is 0 Å². The maximum atomic E-state index is 11.2. The topological polar surface area (TPSA) is 35.2 Å². The van der Waals surface area contributed by atoms with Gasteiger partial charge in [0.1, 0.15) is 0 Å². The van der Waals surface area contributed by atoms with Gasteiger partial charge in [-0.1, -0.05) is 119 Å². The van der Waals surface area contributed by atoms with Gasteiger partial charge in [-0.05, 0) is 134 Å². The van der Waals surface area contributed by atoms with E-state index in [9.17, 15) is 5.26 Å². The SMILES string of the molecule is CC(C)(C)c1cc2c3c(c1)-n1c4ccc(C(C)(C)C)cc4c4cc(C(C)(C)C)cc(c41)N3c1cc(C#N)cc3c1B2c1sc2ccc(C(C)(C)C)cc2c1N3c1ccc2sc3ccccc3c2c1. The second-order valence-corrected chi connectivity index (χ2v) is 26.0. The number of rotatable bonds is 1. The van der Waals surface area contributed by atoms with E-state index >= 15 is 0 Å². The Labute approximate surface area is 408 Å². The summed E-state index contributed by atoms with van der Waals surface area (Å²) in [5.41, 5.74) is 18.7. The van der Waals surface area contributed by atoms with Crippen LogP contribution in [0.15, 0.2) is 115 Å². The molecule has 0 radical (unpaired) electrons. The Morgan fingerprint density at radius 3 is 1.76 bits per heavy atom. The Kier molecular flexibility index (Phi) is 8.28. The first kappa shape index (κ1) is 41.8. The van der Waals surface area contributed by atoms with Crippen molar-refractivity contribution in [3.63, 3.8) is 0 Å². The average molecular weight is 919 g/mol. The Hall–Kier alpha value is -6.33. The summed E-state index contributed by atoms with van der Waals surface area (Å²) >= 11 is 3.80. The molecule has 3 aliphatic heterocycles. The molecule has 3 aromatic heterocycles. The Balaban J connectivity index is 1.21. The van der Waals surface area contributed by atoms with E-state index in [0.29, 0.717) is 5.56 Å². The van der Waals surface area contributed by atoms with E-state index < -0.39 is 0 Å². The maximum absolute atomic E-state index is 11.2. The van der Waals surface area contributed by atoms with Gasteiger partial charge >= 0.3 is 0 Å². The van der Waals surface area contributed by atoms with Crippen molar-refractivity contribution in [2.75, 3.05) is 9.80 Å². The van der Waals surface area contributed by atoms with Crippen LogP contribution >= 0.6 is 22.7 Å². The predicted molar refractivity (Wildman–Crippen MR) is 296 cm³/mol. The smallest absolute Gasteiger partial charge is 0.264 e. The highest BCUT2D eigenvalue weighted by atomic mass is 32.1. The molecular weight excluding hydrogens is 864 g/mol. The molecule has 0 aliphatic carbocycles. The van der Waals surface area contributed by atoms with Gasteiger partial charge in [-0.15, -0.1) is 22.7 Å². The molecule has 0 amide bonds. The van der Waals surface area contributed by atoms with Crippen LogP contribution in [-0.4, -0.2) is 11.3 Å². The number of hydrogen-bond acceptors (Lipinski definition) is 5. The van der Waals surface area contributed by atoms with E-state index in [2.05, 4.69) is 219 Å². The third kappa shape index (κ3) is 5.71. The quantitative estimate of drug-likeness (QED) is 0.154. The molecule has 68 heavy (non-hydrogen) atoms. The van der Waals surface area contributed by atoms with Crippen LogP contribution in [0.4, 0.5) is 34.1 Å². The van der Waals surface area contributed by atoms with Crippen LogP contribution in [0.5, 0.6) is 0 Å². The lowest BCUT2D eigenvalue weighted by Gasteiger charge is -2.46. The van der Waals surface area contributed by atoms with Gasteiger partial charge in [0.15, 0.2) is 0 Å². The monoisotopic (exact) mass is 918 g/mol. The molecule has 334 valence electrons. The fourth-order valence-electron chi connectivity index (χ4n) is 11.5. The van der Waals surface area contributed by atoms with Crippen molar-refractivity contribution in [2.24, 2.45) is 0 Å². The standard InChI is InChI=1S/C61H55BN4S2/c1-58(2,3)34-17-20-45-40(25-34)42-27-36(60(7,8)9)29-48-54(42)65(45)49-30-37(61(10,11)12)28-44-56(49)66(48)47-24-33(32-63)23-46-53(47)62(44)57-55(43-26-35(59(4,5)6)18-21-52(43)68-57)64(46)38-19-22-51-41(31-38)39-15-13-14-16-50(39)67-51/h13-31H,1-12H3. The molecule has 0 saturated carbocycles. The molecule has 0 bridgehead atoms. The van der Waals surface area contributed by atoms with Crippen molar-refractivity contribution in [3.8, 4) is 11.8 Å². The summed E-state index contributed by atoms with van der Waals surface area (Å²) in [6, 6.07) is 47.3. The lowest BCUT2D eigenvalue weighted by Crippen LogP contribution is -2.61. The first-order chi connectivity index (χ1) is 32.2. The van der Waals surface area contributed by atoms with Crippen molar-refractivity contribution in [1.82, 2.24) is 4.57 Å². The summed E-state index contributed by atoms with van der Waals surface area (Å²) in [6.45, 7) is 27.9. The zero-order chi connectivity index (χ0) is 47.3. The molecule has 0 spiro atoms. The van der Waals surface area contributed by atoms with E-state index in [1.165, 1.54) is 113 Å². The normalized spacial score (nSPS) is 14.4. The Morgan fingerprint density at radius 1 is 0.471 bits per heavy atom. The van der Waals surface area contributed by atoms with Gasteiger partial charge in [-0.25, -0.2) is 0 Å². The average Bonchev–Trinajstić information content (AvgIpc) is 3.96. The molecule has 13 rings (SSSR count). The maximum Gasteiger partial charge on any atom is 0.264 e. The number of nitriles is 1. The first-order valence-electron chi connectivity index (χ1n) is 24.2. The van der Waals surface area contributed by atoms with Gasteiger partial charge in [0.25, 0.3) is 6.71 Å². The molecule has 0 fully saturated rings. The molecular formula is C61H55BN4S2. The second kappa shape index (κ2) is 13.5. The van der Waals surface area contributed by atoms with Gasteiger partial charge in [-0.2, -0.15) is 5.26 Å². The largest absolute Gasteiger partial charge is 0.310 e. The molecule has 7 heteroatoms. The van der Waals surface area contributed by atoms with E-state index in [0.717, 1.165) is 17.1 Å². The summed E-state index contributed by atoms with van der Waals surface area (Å²) in [5.74, 6) is 0. The molecule has 0 N–H and O–H groups in total. The summed E-state index contributed by atoms with van der Waals surface area (Å²) in [7, 11) is 0. The van der Waals surface area contributed by atoms with Crippen molar-refractivity contribution < 1.29 is 0 Å². The van der Waals surface area contributed by atoms with E-state index in [-0.39, 0.29) is 28.4 Å². The van der Waals surface area contributed by atoms with E-state index in [1.54, 1.807) is 0 Å². The highest BCUT2D eigenvalue weighted by Crippen LogP contribution is 2.56. The third-order valence-corrected chi connectivity index (χ3v) is 17.6. The molecule has 0 atom stereocenters. The number of benzene rings is 7. The summed E-state index contributed by atoms with van der Waals surface area (Å²) in [4.78, 5) is 5.12. The number of anilines is 6. The first-order valence-corrected chi connectivity index (χ1v) is 25.8. The number of aromatic nitrogens is 1. The van der Waals surface area contributed by atoms with Crippen molar-refractivity contribution in [2.45, 2.75) is 105 Å². The third-order valence-electron chi connectivity index (χ3n) is 15.3. The van der Waals surface area contributed by atoms with Crippen LogP contribution in [0, 0.1) is 11.3 Å². The lowest BCUT2D eigenvalue weighted by atomic mass is 9.35. The lowest BCUT2D eigenvalue weighted by molar-refractivity contribution is 0.590. The molecule has 6 heterocycles. The molecule has 7 aromatic carbocycles. The van der Waals surface area contributed by atoms with Crippen molar-refractivity contribution >= 4 is 131 Å². The van der Waals surface area contributed by atoms with Gasteiger partial charge in [-0.3, -0.25) is 0 Å². The number of fused-ring (bicyclic) bond motifs is 14. The van der Waals surface area contributed by atoms with Crippen LogP contribution in [0.1, 0.15) is 111 Å². The van der Waals surface area contributed by atoms with Crippen molar-refractivity contribution in [3.05, 3.63) is 143 Å².